The number of nitrogens with one attached hydrogen (secondary N) is 1. The van der Waals surface area contributed by atoms with Crippen LogP contribution < -0.4 is 11.3 Å². The van der Waals surface area contributed by atoms with Gasteiger partial charge in [-0.1, -0.05) is 29.8 Å². The third-order valence-electron chi connectivity index (χ3n) is 2.81. The molecule has 0 spiro atoms. The van der Waals surface area contributed by atoms with Crippen molar-refractivity contribution in [2.45, 2.75) is 6.92 Å². The van der Waals surface area contributed by atoms with Gasteiger partial charge < -0.3 is 10.8 Å². The minimum Gasteiger partial charge on any atom is -0.493 e. The first-order valence-electron chi connectivity index (χ1n) is 5.61. The molecule has 7 nitrogen and oxygen atoms in total. The van der Waals surface area contributed by atoms with E-state index in [-0.39, 0.29) is 23.2 Å². The van der Waals surface area contributed by atoms with Gasteiger partial charge in [0.2, 0.25) is 17.6 Å². The van der Waals surface area contributed by atoms with Crippen LogP contribution in [0.1, 0.15) is 5.56 Å². The predicted molar refractivity (Wildman–Crippen MR) is 69.9 cm³/mol. The molecule has 2 aromatic heterocycles. The zero-order valence-corrected chi connectivity index (χ0v) is 10.1. The lowest BCUT2D eigenvalue weighted by atomic mass is 10.1. The third kappa shape index (κ3) is 1.71. The largest absolute Gasteiger partial charge is 0.493 e. The van der Waals surface area contributed by atoms with Gasteiger partial charge in [0, 0.05) is 0 Å². The van der Waals surface area contributed by atoms with Crippen LogP contribution in [-0.2, 0) is 0 Å². The molecule has 3 rings (SSSR count). The van der Waals surface area contributed by atoms with Gasteiger partial charge in [0.1, 0.15) is 5.56 Å². The number of aromatic amines is 1. The Balaban J connectivity index is 2.38. The fourth-order valence-electron chi connectivity index (χ4n) is 1.99. The summed E-state index contributed by atoms with van der Waals surface area (Å²) in [5.41, 5.74) is 6.73. The highest BCUT2D eigenvalue weighted by Gasteiger charge is 2.16. The average Bonchev–Trinajstić information content (AvgIpc) is 2.70. The maximum atomic E-state index is 12.0. The molecule has 7 heteroatoms. The zero-order valence-electron chi connectivity index (χ0n) is 10.1. The number of nitrogens with zero attached hydrogens (tertiary/aromatic N) is 3. The molecule has 0 saturated carbocycles. The SMILES string of the molecule is Cc1cccc(-c2c(O)n3nc(N)nc3[nH]c2=O)c1. The standard InChI is InChI=1S/C12H11N5O2/c1-6-3-2-4-7(5-6)8-9(18)14-12-15-11(13)16-17(12)10(8)19/h2-5,19H,1H3,(H3,13,14,15,16,18). The summed E-state index contributed by atoms with van der Waals surface area (Å²) in [6.45, 7) is 1.90. The smallest absolute Gasteiger partial charge is 0.264 e. The van der Waals surface area contributed by atoms with E-state index in [1.807, 2.05) is 19.1 Å². The van der Waals surface area contributed by atoms with E-state index in [0.29, 0.717) is 5.56 Å². The van der Waals surface area contributed by atoms with Gasteiger partial charge in [-0.2, -0.15) is 9.50 Å². The molecule has 4 N–H and O–H groups in total. The van der Waals surface area contributed by atoms with E-state index >= 15 is 0 Å². The van der Waals surface area contributed by atoms with E-state index in [1.54, 1.807) is 12.1 Å². The molecular formula is C12H11N5O2. The van der Waals surface area contributed by atoms with Crippen molar-refractivity contribution in [2.75, 3.05) is 5.73 Å². The van der Waals surface area contributed by atoms with E-state index in [1.165, 1.54) is 0 Å². The summed E-state index contributed by atoms with van der Waals surface area (Å²) in [4.78, 5) is 18.4. The van der Waals surface area contributed by atoms with Crippen molar-refractivity contribution in [3.8, 4) is 17.0 Å². The highest BCUT2D eigenvalue weighted by atomic mass is 16.3. The lowest BCUT2D eigenvalue weighted by Crippen LogP contribution is -2.12. The fourth-order valence-corrected chi connectivity index (χ4v) is 1.99. The Hall–Kier alpha value is -2.83. The summed E-state index contributed by atoms with van der Waals surface area (Å²) >= 11 is 0. The number of nitrogen functional groups attached to an aromatic ring is 1. The number of nitrogens with two attached hydrogens (primary N) is 1. The van der Waals surface area contributed by atoms with Crippen molar-refractivity contribution in [3.05, 3.63) is 40.2 Å². The molecule has 0 unspecified atom stereocenters. The third-order valence-corrected chi connectivity index (χ3v) is 2.81. The Morgan fingerprint density at radius 1 is 1.42 bits per heavy atom. The highest BCUT2D eigenvalue weighted by molar-refractivity contribution is 5.69. The lowest BCUT2D eigenvalue weighted by Gasteiger charge is -2.05. The number of anilines is 1. The van der Waals surface area contributed by atoms with Gasteiger partial charge in [-0.05, 0) is 12.5 Å². The molecule has 19 heavy (non-hydrogen) atoms. The van der Waals surface area contributed by atoms with Crippen molar-refractivity contribution < 1.29 is 5.11 Å². The van der Waals surface area contributed by atoms with Gasteiger partial charge in [0.25, 0.3) is 5.56 Å². The molecule has 3 aromatic rings. The molecule has 0 bridgehead atoms. The summed E-state index contributed by atoms with van der Waals surface area (Å²) in [7, 11) is 0. The second kappa shape index (κ2) is 3.84. The van der Waals surface area contributed by atoms with Gasteiger partial charge in [-0.25, -0.2) is 0 Å². The van der Waals surface area contributed by atoms with Crippen LogP contribution in [0.15, 0.2) is 29.1 Å². The Morgan fingerprint density at radius 3 is 2.95 bits per heavy atom. The molecule has 0 fully saturated rings. The van der Waals surface area contributed by atoms with Crippen molar-refractivity contribution in [1.29, 1.82) is 0 Å². The van der Waals surface area contributed by atoms with Crippen molar-refractivity contribution in [3.63, 3.8) is 0 Å². The number of aryl methyl sites for hydroxylation is 1. The molecule has 0 amide bonds. The molecule has 0 saturated heterocycles. The Morgan fingerprint density at radius 2 is 2.21 bits per heavy atom. The number of fused-ring (bicyclic) bond motifs is 1. The minimum absolute atomic E-state index is 0.0210. The van der Waals surface area contributed by atoms with Crippen LogP contribution in [0.3, 0.4) is 0 Å². The Labute approximate surface area is 107 Å². The number of aromatic hydroxyl groups is 1. The van der Waals surface area contributed by atoms with Gasteiger partial charge in [-0.3, -0.25) is 9.78 Å². The summed E-state index contributed by atoms with van der Waals surface area (Å²) < 4.78 is 1.11. The van der Waals surface area contributed by atoms with Crippen LogP contribution >= 0.6 is 0 Å². The monoisotopic (exact) mass is 257 g/mol. The van der Waals surface area contributed by atoms with Crippen LogP contribution in [0.5, 0.6) is 5.88 Å². The molecular weight excluding hydrogens is 246 g/mol. The maximum absolute atomic E-state index is 12.0. The summed E-state index contributed by atoms with van der Waals surface area (Å²) in [6.07, 6.45) is 0. The normalized spacial score (nSPS) is 11.0. The van der Waals surface area contributed by atoms with E-state index in [0.717, 1.165) is 10.1 Å². The second-order valence-electron chi connectivity index (χ2n) is 4.23. The van der Waals surface area contributed by atoms with Gasteiger partial charge >= 0.3 is 0 Å². The average molecular weight is 257 g/mol. The highest BCUT2D eigenvalue weighted by Crippen LogP contribution is 2.25. The van der Waals surface area contributed by atoms with Crippen molar-refractivity contribution in [1.82, 2.24) is 19.6 Å². The van der Waals surface area contributed by atoms with Gasteiger partial charge in [-0.15, -0.1) is 5.10 Å². The maximum Gasteiger partial charge on any atom is 0.264 e. The fraction of sp³-hybridized carbons (Fsp3) is 0.0833. The van der Waals surface area contributed by atoms with Crippen LogP contribution in [0.25, 0.3) is 16.9 Å². The van der Waals surface area contributed by atoms with Crippen LogP contribution in [0.4, 0.5) is 5.95 Å². The Kier molecular flexibility index (Phi) is 2.28. The molecule has 0 aliphatic carbocycles. The molecule has 0 atom stereocenters. The number of aromatic nitrogens is 4. The summed E-state index contributed by atoms with van der Waals surface area (Å²) in [5, 5.41) is 14.0. The number of hydrogen-bond donors (Lipinski definition) is 3. The molecule has 1 aromatic carbocycles. The van der Waals surface area contributed by atoms with E-state index < -0.39 is 5.56 Å². The lowest BCUT2D eigenvalue weighted by molar-refractivity contribution is 0.437. The van der Waals surface area contributed by atoms with Crippen molar-refractivity contribution in [2.24, 2.45) is 0 Å². The zero-order chi connectivity index (χ0) is 13.6. The van der Waals surface area contributed by atoms with E-state index in [9.17, 15) is 9.90 Å². The molecule has 0 aliphatic rings. The first-order valence-corrected chi connectivity index (χ1v) is 5.61. The number of benzene rings is 1. The van der Waals surface area contributed by atoms with Crippen LogP contribution in [-0.4, -0.2) is 24.7 Å². The van der Waals surface area contributed by atoms with Gasteiger partial charge in [0.15, 0.2) is 0 Å². The Bertz CT molecular complexity index is 834. The van der Waals surface area contributed by atoms with Gasteiger partial charge in [0.05, 0.1) is 0 Å². The van der Waals surface area contributed by atoms with E-state index in [2.05, 4.69) is 15.1 Å². The topological polar surface area (TPSA) is 109 Å². The summed E-state index contributed by atoms with van der Waals surface area (Å²) in [5.74, 6) is -0.197. The van der Waals surface area contributed by atoms with Crippen LogP contribution in [0, 0.1) is 6.92 Å². The van der Waals surface area contributed by atoms with E-state index in [4.69, 9.17) is 5.73 Å². The second-order valence-corrected chi connectivity index (χ2v) is 4.23. The summed E-state index contributed by atoms with van der Waals surface area (Å²) in [6, 6.07) is 7.25. The first kappa shape index (κ1) is 11.3. The quantitative estimate of drug-likeness (QED) is 0.594. The minimum atomic E-state index is -0.442. The number of rotatable bonds is 1. The molecule has 0 aliphatic heterocycles. The van der Waals surface area contributed by atoms with Crippen LogP contribution in [0.2, 0.25) is 0 Å². The molecule has 0 radical (unpaired) electrons. The molecule has 96 valence electrons. The van der Waals surface area contributed by atoms with Crippen molar-refractivity contribution >= 4 is 11.7 Å². The number of hydrogen-bond acceptors (Lipinski definition) is 5. The molecule has 2 heterocycles. The first-order chi connectivity index (χ1) is 9.06. The predicted octanol–water partition coefficient (Wildman–Crippen LogP) is 0.681. The number of H-pyrrole nitrogens is 1.